The monoisotopic (exact) mass is 512 g/mol. The van der Waals surface area contributed by atoms with Gasteiger partial charge in [-0.25, -0.2) is 15.0 Å². The van der Waals surface area contributed by atoms with Gasteiger partial charge in [0.2, 0.25) is 0 Å². The maximum absolute atomic E-state index is 13.9. The van der Waals surface area contributed by atoms with Crippen LogP contribution in [0.1, 0.15) is 79.7 Å². The summed E-state index contributed by atoms with van der Waals surface area (Å²) >= 11 is 0. The molecule has 0 amide bonds. The van der Waals surface area contributed by atoms with E-state index in [1.165, 1.54) is 0 Å². The summed E-state index contributed by atoms with van der Waals surface area (Å²) in [6, 6.07) is 2.44. The molecule has 3 aromatic rings. The topological polar surface area (TPSA) is 69.0 Å². The van der Waals surface area contributed by atoms with Gasteiger partial charge in [-0.3, -0.25) is 4.68 Å². The molecule has 0 unspecified atom stereocenters. The number of alkyl halides is 3. The Morgan fingerprint density at radius 1 is 1.03 bits per heavy atom. The second-order valence-corrected chi connectivity index (χ2v) is 11.7. The van der Waals surface area contributed by atoms with Crippen molar-refractivity contribution in [2.45, 2.75) is 83.2 Å². The van der Waals surface area contributed by atoms with E-state index in [-0.39, 0.29) is 43.3 Å². The predicted molar refractivity (Wildman–Crippen MR) is 131 cm³/mol. The molecule has 4 heterocycles. The second-order valence-electron chi connectivity index (χ2n) is 11.7. The van der Waals surface area contributed by atoms with Crippen molar-refractivity contribution in [2.24, 2.45) is 11.3 Å². The number of nitrogens with zero attached hydrogens (tertiary/aromatic N) is 6. The van der Waals surface area contributed by atoms with Gasteiger partial charge in [-0.05, 0) is 58.8 Å². The normalized spacial score (nSPS) is 31.7. The molecular weight excluding hydrogens is 481 g/mol. The second kappa shape index (κ2) is 7.88. The fraction of sp³-hybridized carbons (Fsp3) is 0.630. The van der Waals surface area contributed by atoms with Gasteiger partial charge in [0.1, 0.15) is 17.4 Å². The van der Waals surface area contributed by atoms with Crippen LogP contribution in [0.15, 0.2) is 18.5 Å². The molecule has 5 aliphatic rings. The number of morpholine rings is 1. The Labute approximate surface area is 213 Å². The van der Waals surface area contributed by atoms with E-state index in [1.54, 1.807) is 0 Å². The molecule has 3 atom stereocenters. The molecule has 10 heteroatoms. The maximum Gasteiger partial charge on any atom is 0.394 e. The molecule has 1 aliphatic heterocycles. The lowest BCUT2D eigenvalue weighted by Crippen LogP contribution is -2.43. The summed E-state index contributed by atoms with van der Waals surface area (Å²) in [5.41, 5.74) is 3.09. The number of aromatic nitrogens is 5. The van der Waals surface area contributed by atoms with E-state index in [2.05, 4.69) is 16.2 Å². The summed E-state index contributed by atoms with van der Waals surface area (Å²) < 4.78 is 50.0. The molecule has 4 aliphatic carbocycles. The Morgan fingerprint density at radius 2 is 1.78 bits per heavy atom. The highest BCUT2D eigenvalue weighted by Crippen LogP contribution is 2.70. The van der Waals surface area contributed by atoms with E-state index < -0.39 is 11.6 Å². The van der Waals surface area contributed by atoms with Crippen LogP contribution < -0.4 is 4.90 Å². The molecule has 3 aromatic heterocycles. The summed E-state index contributed by atoms with van der Waals surface area (Å²) in [5, 5.41) is 4.53. The van der Waals surface area contributed by atoms with Crippen molar-refractivity contribution in [3.63, 3.8) is 0 Å². The van der Waals surface area contributed by atoms with Crippen molar-refractivity contribution in [1.29, 1.82) is 0 Å². The quantitative estimate of drug-likeness (QED) is 0.454. The van der Waals surface area contributed by atoms with Crippen LogP contribution in [0.5, 0.6) is 0 Å². The van der Waals surface area contributed by atoms with Gasteiger partial charge < -0.3 is 9.64 Å². The Morgan fingerprint density at radius 3 is 2.49 bits per heavy atom. The summed E-state index contributed by atoms with van der Waals surface area (Å²) in [4.78, 5) is 16.8. The summed E-state index contributed by atoms with van der Waals surface area (Å²) in [7, 11) is 0. The van der Waals surface area contributed by atoms with Crippen LogP contribution in [0.25, 0.3) is 11.0 Å². The van der Waals surface area contributed by atoms with Crippen LogP contribution in [0.4, 0.5) is 19.0 Å². The van der Waals surface area contributed by atoms with Crippen molar-refractivity contribution in [2.75, 3.05) is 18.0 Å². The molecule has 2 bridgehead atoms. The Kier molecular flexibility index (Phi) is 4.98. The van der Waals surface area contributed by atoms with Crippen LogP contribution in [-0.4, -0.2) is 50.1 Å². The molecular formula is C27H31F3N6O. The number of halogens is 3. The minimum atomic E-state index is -4.18. The third-order valence-corrected chi connectivity index (χ3v) is 9.01. The average Bonchev–Trinajstić information content (AvgIpc) is 3.25. The van der Waals surface area contributed by atoms with Crippen molar-refractivity contribution in [1.82, 2.24) is 24.7 Å². The summed E-state index contributed by atoms with van der Waals surface area (Å²) in [6.07, 6.45) is 2.39. The number of hydrogen-bond donors (Lipinski definition) is 0. The molecule has 196 valence electrons. The molecule has 0 aromatic carbocycles. The van der Waals surface area contributed by atoms with Crippen LogP contribution >= 0.6 is 0 Å². The molecule has 5 fully saturated rings. The van der Waals surface area contributed by atoms with E-state index in [4.69, 9.17) is 19.7 Å². The van der Waals surface area contributed by atoms with E-state index in [9.17, 15) is 13.2 Å². The first kappa shape index (κ1) is 23.4. The summed E-state index contributed by atoms with van der Waals surface area (Å²) in [5.74, 6) is 0.465. The van der Waals surface area contributed by atoms with Crippen molar-refractivity contribution in [3.05, 3.63) is 41.1 Å². The Bertz CT molecular complexity index is 1380. The number of aryl methyl sites for hydroxylation is 2. The lowest BCUT2D eigenvalue weighted by atomic mass is 9.68. The van der Waals surface area contributed by atoms with Crippen LogP contribution in [0.3, 0.4) is 0 Å². The van der Waals surface area contributed by atoms with Crippen molar-refractivity contribution < 1.29 is 17.9 Å². The van der Waals surface area contributed by atoms with E-state index >= 15 is 0 Å². The fourth-order valence-corrected chi connectivity index (χ4v) is 6.69. The molecule has 0 N–H and O–H groups in total. The van der Waals surface area contributed by atoms with Gasteiger partial charge in [-0.2, -0.15) is 18.3 Å². The smallest absolute Gasteiger partial charge is 0.367 e. The number of rotatable bonds is 4. The minimum absolute atomic E-state index is 0.0133. The molecule has 0 radical (unpaired) electrons. The predicted octanol–water partition coefficient (Wildman–Crippen LogP) is 5.59. The standard InChI is InChI=1S/C27H31F3N6O/c1-14-11-35(13-22(37-14)18-10-31-36(12-18)19-4-5-19)23-6-21-25(33-16(3)15(2)32-21)24(34-23)20-9-26(27(28,29)30)7-17(20)8-26/h6,10,12,14,17,19-20,22H,4-5,7-9,11,13H2,1-3H3/t14-,17?,20+,22+,26?/m0/s1. The number of fused-ring (bicyclic) bond motifs is 2. The van der Waals surface area contributed by atoms with Gasteiger partial charge in [0.25, 0.3) is 0 Å². The van der Waals surface area contributed by atoms with Crippen LogP contribution in [0, 0.1) is 25.2 Å². The fourth-order valence-electron chi connectivity index (χ4n) is 6.69. The molecule has 0 spiro atoms. The third-order valence-electron chi connectivity index (χ3n) is 9.01. The lowest BCUT2D eigenvalue weighted by Gasteiger charge is -2.40. The van der Waals surface area contributed by atoms with E-state index in [0.29, 0.717) is 35.9 Å². The van der Waals surface area contributed by atoms with Gasteiger partial charge in [0.15, 0.2) is 0 Å². The van der Waals surface area contributed by atoms with Crippen LogP contribution in [-0.2, 0) is 4.74 Å². The largest absolute Gasteiger partial charge is 0.394 e. The zero-order chi connectivity index (χ0) is 25.7. The van der Waals surface area contributed by atoms with Gasteiger partial charge >= 0.3 is 6.18 Å². The number of ether oxygens (including phenoxy) is 1. The van der Waals surface area contributed by atoms with E-state index in [1.807, 2.05) is 37.7 Å². The zero-order valence-electron chi connectivity index (χ0n) is 21.3. The van der Waals surface area contributed by atoms with Gasteiger partial charge in [0.05, 0.1) is 52.9 Å². The Hall–Kier alpha value is -2.75. The van der Waals surface area contributed by atoms with E-state index in [0.717, 1.165) is 35.6 Å². The lowest BCUT2D eigenvalue weighted by molar-refractivity contribution is -0.244. The van der Waals surface area contributed by atoms with Crippen molar-refractivity contribution in [3.8, 4) is 0 Å². The first-order chi connectivity index (χ1) is 17.6. The maximum atomic E-state index is 13.9. The molecule has 7 nitrogen and oxygen atoms in total. The molecule has 37 heavy (non-hydrogen) atoms. The van der Waals surface area contributed by atoms with Crippen molar-refractivity contribution >= 4 is 16.9 Å². The first-order valence-corrected chi connectivity index (χ1v) is 13.3. The van der Waals surface area contributed by atoms with Gasteiger partial charge in [0, 0.05) is 30.3 Å². The van der Waals surface area contributed by atoms with Crippen LogP contribution in [0.2, 0.25) is 0 Å². The molecule has 8 rings (SSSR count). The third kappa shape index (κ3) is 3.73. The Balaban J connectivity index is 1.26. The van der Waals surface area contributed by atoms with Gasteiger partial charge in [-0.1, -0.05) is 0 Å². The summed E-state index contributed by atoms with van der Waals surface area (Å²) in [6.45, 7) is 7.08. The minimum Gasteiger partial charge on any atom is -0.367 e. The highest BCUT2D eigenvalue weighted by Gasteiger charge is 2.69. The first-order valence-electron chi connectivity index (χ1n) is 13.3. The number of pyridine rings is 1. The number of anilines is 1. The molecule has 4 saturated carbocycles. The molecule has 1 saturated heterocycles. The highest BCUT2D eigenvalue weighted by molar-refractivity contribution is 5.81. The highest BCUT2D eigenvalue weighted by atomic mass is 19.4. The number of hydrogen-bond acceptors (Lipinski definition) is 6. The SMILES string of the molecule is Cc1nc2cc(N3C[C@H](C)O[C@@H](c4cnn(C5CC5)c4)C3)nc([C@@H]3CC4(C(F)(F)F)CC3C4)c2nc1C. The van der Waals surface area contributed by atoms with Gasteiger partial charge in [-0.15, -0.1) is 0 Å². The zero-order valence-corrected chi connectivity index (χ0v) is 21.3. The average molecular weight is 513 g/mol.